The van der Waals surface area contributed by atoms with Gasteiger partial charge < -0.3 is 0 Å². The third kappa shape index (κ3) is 3.71. The van der Waals surface area contributed by atoms with Crippen LogP contribution in [0.3, 0.4) is 0 Å². The molecule has 2 heteroatoms. The van der Waals surface area contributed by atoms with Gasteiger partial charge in [0.1, 0.15) is 0 Å². The minimum Gasteiger partial charge on any atom is -0.294 e. The van der Waals surface area contributed by atoms with Gasteiger partial charge in [0, 0.05) is 16.9 Å². The molecular formula is C13H18OS. The second-order valence-corrected chi connectivity index (χ2v) is 4.43. The average Bonchev–Trinajstić information content (AvgIpc) is 2.29. The molecule has 0 saturated carbocycles. The van der Waals surface area contributed by atoms with Crippen molar-refractivity contribution in [3.8, 4) is 0 Å². The van der Waals surface area contributed by atoms with Crippen molar-refractivity contribution in [3.05, 3.63) is 29.8 Å². The van der Waals surface area contributed by atoms with Gasteiger partial charge in [-0.1, -0.05) is 38.0 Å². The number of rotatable bonds is 6. The minimum atomic E-state index is 0.286. The Labute approximate surface area is 96.3 Å². The minimum absolute atomic E-state index is 0.286. The van der Waals surface area contributed by atoms with Crippen LogP contribution in [-0.4, -0.2) is 12.0 Å². The fourth-order valence-corrected chi connectivity index (χ4v) is 2.16. The molecule has 0 fully saturated rings. The summed E-state index contributed by atoms with van der Waals surface area (Å²) < 4.78 is 0. The highest BCUT2D eigenvalue weighted by Crippen LogP contribution is 2.21. The molecular weight excluding hydrogens is 204 g/mol. The first-order valence-corrected chi connectivity index (χ1v) is 6.68. The molecule has 0 aromatic heterocycles. The molecule has 0 unspecified atom stereocenters. The number of Topliss-reactive ketones (excluding diaryl/α,β-unsaturated/α-hetero) is 1. The zero-order valence-corrected chi connectivity index (χ0v) is 10.3. The van der Waals surface area contributed by atoms with Gasteiger partial charge in [-0.15, -0.1) is 11.8 Å². The Hall–Kier alpha value is -0.760. The van der Waals surface area contributed by atoms with Crippen molar-refractivity contribution in [2.75, 3.05) is 6.26 Å². The monoisotopic (exact) mass is 222 g/mol. The van der Waals surface area contributed by atoms with E-state index >= 15 is 0 Å². The van der Waals surface area contributed by atoms with Crippen molar-refractivity contribution in [3.63, 3.8) is 0 Å². The van der Waals surface area contributed by atoms with Gasteiger partial charge in [0.15, 0.2) is 5.78 Å². The number of thioether (sulfide) groups is 1. The summed E-state index contributed by atoms with van der Waals surface area (Å²) in [6.45, 7) is 2.15. The molecule has 0 N–H and O–H groups in total. The normalized spacial score (nSPS) is 10.3. The first-order chi connectivity index (χ1) is 7.29. The highest BCUT2D eigenvalue weighted by atomic mass is 32.2. The van der Waals surface area contributed by atoms with Crippen LogP contribution < -0.4 is 0 Å². The van der Waals surface area contributed by atoms with E-state index in [9.17, 15) is 4.79 Å². The maximum atomic E-state index is 11.9. The van der Waals surface area contributed by atoms with E-state index in [-0.39, 0.29) is 5.78 Å². The predicted molar refractivity (Wildman–Crippen MR) is 66.7 cm³/mol. The molecule has 0 aliphatic rings. The second-order valence-electron chi connectivity index (χ2n) is 3.58. The van der Waals surface area contributed by atoms with Gasteiger partial charge in [0.2, 0.25) is 0 Å². The Bertz CT molecular complexity index is 320. The van der Waals surface area contributed by atoms with Crippen LogP contribution in [0.5, 0.6) is 0 Å². The molecule has 0 aliphatic heterocycles. The number of ketones is 1. The van der Waals surface area contributed by atoms with Crippen molar-refractivity contribution >= 4 is 17.5 Å². The molecule has 0 radical (unpaired) electrons. The molecule has 0 heterocycles. The smallest absolute Gasteiger partial charge is 0.163 e. The van der Waals surface area contributed by atoms with Gasteiger partial charge in [0.25, 0.3) is 0 Å². The van der Waals surface area contributed by atoms with Crippen molar-refractivity contribution in [1.82, 2.24) is 0 Å². The summed E-state index contributed by atoms with van der Waals surface area (Å²) in [5.74, 6) is 0.286. The third-order valence-electron chi connectivity index (χ3n) is 2.41. The molecule has 0 bridgehead atoms. The molecule has 0 amide bonds. The molecule has 1 rings (SSSR count). The summed E-state index contributed by atoms with van der Waals surface area (Å²) >= 11 is 1.64. The van der Waals surface area contributed by atoms with Crippen LogP contribution in [-0.2, 0) is 0 Å². The van der Waals surface area contributed by atoms with Crippen LogP contribution in [0.25, 0.3) is 0 Å². The highest BCUT2D eigenvalue weighted by Gasteiger charge is 2.09. The molecule has 1 nitrogen and oxygen atoms in total. The maximum Gasteiger partial charge on any atom is 0.163 e. The van der Waals surface area contributed by atoms with Gasteiger partial charge in [-0.2, -0.15) is 0 Å². The first kappa shape index (κ1) is 12.3. The van der Waals surface area contributed by atoms with E-state index < -0.39 is 0 Å². The van der Waals surface area contributed by atoms with Gasteiger partial charge in [-0.25, -0.2) is 0 Å². The Morgan fingerprint density at radius 3 is 2.67 bits per heavy atom. The molecule has 1 aromatic rings. The Balaban J connectivity index is 2.64. The lowest BCUT2D eigenvalue weighted by molar-refractivity contribution is 0.0976. The van der Waals surface area contributed by atoms with E-state index in [1.165, 1.54) is 0 Å². The van der Waals surface area contributed by atoms with E-state index in [0.29, 0.717) is 6.42 Å². The summed E-state index contributed by atoms with van der Waals surface area (Å²) in [5, 5.41) is 0. The summed E-state index contributed by atoms with van der Waals surface area (Å²) in [6.07, 6.45) is 6.02. The molecule has 0 spiro atoms. The third-order valence-corrected chi connectivity index (χ3v) is 3.21. The lowest BCUT2D eigenvalue weighted by Gasteiger charge is -2.05. The van der Waals surface area contributed by atoms with Crippen molar-refractivity contribution in [2.45, 2.75) is 37.5 Å². The van der Waals surface area contributed by atoms with E-state index in [4.69, 9.17) is 0 Å². The van der Waals surface area contributed by atoms with Crippen molar-refractivity contribution in [1.29, 1.82) is 0 Å². The number of carbonyl (C=O) groups is 1. The molecule has 15 heavy (non-hydrogen) atoms. The maximum absolute atomic E-state index is 11.9. The molecule has 1 aromatic carbocycles. The highest BCUT2D eigenvalue weighted by molar-refractivity contribution is 7.98. The number of hydrogen-bond donors (Lipinski definition) is 0. The standard InChI is InChI=1S/C13H18OS/c1-3-4-5-9-12(14)11-8-6-7-10-13(11)15-2/h6-8,10H,3-5,9H2,1-2H3. The summed E-state index contributed by atoms with van der Waals surface area (Å²) in [5.41, 5.74) is 0.890. The predicted octanol–water partition coefficient (Wildman–Crippen LogP) is 4.17. The molecule has 0 aliphatic carbocycles. The van der Waals surface area contributed by atoms with Gasteiger partial charge in [-0.05, 0) is 18.7 Å². The zero-order chi connectivity index (χ0) is 11.1. The average molecular weight is 222 g/mol. The molecule has 82 valence electrons. The summed E-state index contributed by atoms with van der Waals surface area (Å²) in [6, 6.07) is 7.86. The number of carbonyl (C=O) groups excluding carboxylic acids is 1. The van der Waals surface area contributed by atoms with Gasteiger partial charge in [0.05, 0.1) is 0 Å². The largest absolute Gasteiger partial charge is 0.294 e. The van der Waals surface area contributed by atoms with Gasteiger partial charge in [-0.3, -0.25) is 4.79 Å². The fraction of sp³-hybridized carbons (Fsp3) is 0.462. The number of benzene rings is 1. The Morgan fingerprint density at radius 1 is 1.27 bits per heavy atom. The topological polar surface area (TPSA) is 17.1 Å². The van der Waals surface area contributed by atoms with E-state index in [2.05, 4.69) is 6.92 Å². The summed E-state index contributed by atoms with van der Waals surface area (Å²) in [4.78, 5) is 13.0. The van der Waals surface area contributed by atoms with Crippen LogP contribution in [0.4, 0.5) is 0 Å². The zero-order valence-electron chi connectivity index (χ0n) is 9.45. The lowest BCUT2D eigenvalue weighted by atomic mass is 10.1. The fourth-order valence-electron chi connectivity index (χ4n) is 1.55. The quantitative estimate of drug-likeness (QED) is 0.408. The van der Waals surface area contributed by atoms with E-state index in [1.807, 2.05) is 30.5 Å². The molecule has 0 saturated heterocycles. The molecule has 0 atom stereocenters. The van der Waals surface area contributed by atoms with Crippen LogP contribution in [0.1, 0.15) is 43.0 Å². The van der Waals surface area contributed by atoms with Crippen molar-refractivity contribution in [2.24, 2.45) is 0 Å². The second kappa shape index (κ2) is 6.67. The SMILES string of the molecule is CCCCCC(=O)c1ccccc1SC. The van der Waals surface area contributed by atoms with Crippen molar-refractivity contribution < 1.29 is 4.79 Å². The Morgan fingerprint density at radius 2 is 2.00 bits per heavy atom. The van der Waals surface area contributed by atoms with Gasteiger partial charge >= 0.3 is 0 Å². The van der Waals surface area contributed by atoms with Crippen LogP contribution in [0, 0.1) is 0 Å². The summed E-state index contributed by atoms with van der Waals surface area (Å²) in [7, 11) is 0. The van der Waals surface area contributed by atoms with Crippen LogP contribution >= 0.6 is 11.8 Å². The lowest BCUT2D eigenvalue weighted by Crippen LogP contribution is -2.00. The van der Waals surface area contributed by atoms with Crippen LogP contribution in [0.15, 0.2) is 29.2 Å². The van der Waals surface area contributed by atoms with E-state index in [0.717, 1.165) is 29.7 Å². The number of hydrogen-bond acceptors (Lipinski definition) is 2. The number of unbranched alkanes of at least 4 members (excludes halogenated alkanes) is 2. The van der Waals surface area contributed by atoms with Crippen LogP contribution in [0.2, 0.25) is 0 Å². The first-order valence-electron chi connectivity index (χ1n) is 5.45. The Kier molecular flexibility index (Phi) is 5.48. The van der Waals surface area contributed by atoms with E-state index in [1.54, 1.807) is 11.8 Å².